The van der Waals surface area contributed by atoms with Gasteiger partial charge in [0.1, 0.15) is 0 Å². The second kappa shape index (κ2) is 9.27. The van der Waals surface area contributed by atoms with Crippen molar-refractivity contribution in [2.45, 2.75) is 17.6 Å². The van der Waals surface area contributed by atoms with Crippen LogP contribution in [0.15, 0.2) is 64.4 Å². The zero-order valence-corrected chi connectivity index (χ0v) is 18.2. The van der Waals surface area contributed by atoms with Gasteiger partial charge in [-0.3, -0.25) is 4.79 Å². The maximum atomic E-state index is 13.1. The topological polar surface area (TPSA) is 76.9 Å². The monoisotopic (exact) mass is 440 g/mol. The molecule has 0 aliphatic carbocycles. The van der Waals surface area contributed by atoms with E-state index in [2.05, 4.69) is 9.97 Å². The number of carbonyl (C=O) groups excluding carboxylic acids is 1. The smallest absolute Gasteiger partial charge is 0.253 e. The Morgan fingerprint density at radius 3 is 2.70 bits per heavy atom. The van der Waals surface area contributed by atoms with Gasteiger partial charge in [0, 0.05) is 24.4 Å². The van der Waals surface area contributed by atoms with Crippen molar-refractivity contribution in [3.8, 4) is 11.5 Å². The highest BCUT2D eigenvalue weighted by molar-refractivity contribution is 7.99. The second-order valence-electron chi connectivity index (χ2n) is 6.39. The number of benzene rings is 1. The number of thioether (sulfide) groups is 1. The van der Waals surface area contributed by atoms with Gasteiger partial charge in [-0.1, -0.05) is 30.0 Å². The summed E-state index contributed by atoms with van der Waals surface area (Å²) in [6, 6.07) is 11.2. The van der Waals surface area contributed by atoms with Gasteiger partial charge >= 0.3 is 0 Å². The molecule has 1 aromatic carbocycles. The summed E-state index contributed by atoms with van der Waals surface area (Å²) in [5.74, 6) is 1.31. The van der Waals surface area contributed by atoms with Crippen molar-refractivity contribution in [1.29, 1.82) is 0 Å². The molecule has 1 aliphatic heterocycles. The highest BCUT2D eigenvalue weighted by atomic mass is 32.2. The molecule has 30 heavy (non-hydrogen) atoms. The van der Waals surface area contributed by atoms with Crippen LogP contribution in [-0.4, -0.2) is 46.6 Å². The minimum absolute atomic E-state index is 0.117. The van der Waals surface area contributed by atoms with Crippen molar-refractivity contribution >= 4 is 34.7 Å². The van der Waals surface area contributed by atoms with Crippen LogP contribution in [0.4, 0.5) is 0 Å². The number of methoxy groups -OCH3 is 2. The third-order valence-corrected chi connectivity index (χ3v) is 6.41. The maximum Gasteiger partial charge on any atom is 0.253 e. The molecule has 0 bridgehead atoms. The average Bonchev–Trinajstić information content (AvgIpc) is 3.47. The Labute approximate surface area is 182 Å². The number of rotatable bonds is 7. The zero-order valence-electron chi connectivity index (χ0n) is 16.5. The van der Waals surface area contributed by atoms with Crippen molar-refractivity contribution in [3.63, 3.8) is 0 Å². The molecule has 1 atom stereocenters. The van der Waals surface area contributed by atoms with Gasteiger partial charge in [-0.15, -0.1) is 11.3 Å². The number of ether oxygens (including phenoxy) is 2. The van der Waals surface area contributed by atoms with E-state index < -0.39 is 0 Å². The van der Waals surface area contributed by atoms with Gasteiger partial charge in [0.05, 0.1) is 36.6 Å². The lowest BCUT2D eigenvalue weighted by molar-refractivity contribution is -0.130. The summed E-state index contributed by atoms with van der Waals surface area (Å²) in [6.45, 7) is 0. The normalized spacial score (nSPS) is 15.7. The van der Waals surface area contributed by atoms with Crippen molar-refractivity contribution < 1.29 is 14.3 Å². The number of aromatic nitrogens is 2. The lowest BCUT2D eigenvalue weighted by atomic mass is 9.99. The molecule has 0 radical (unpaired) electrons. The van der Waals surface area contributed by atoms with Crippen molar-refractivity contribution in [2.24, 2.45) is 5.10 Å². The molecule has 0 fully saturated rings. The van der Waals surface area contributed by atoms with E-state index in [0.29, 0.717) is 23.1 Å². The quantitative estimate of drug-likeness (QED) is 0.408. The summed E-state index contributed by atoms with van der Waals surface area (Å²) in [7, 11) is 3.20. The molecule has 0 N–H and O–H groups in total. The Hall–Kier alpha value is -2.91. The van der Waals surface area contributed by atoms with E-state index in [1.165, 1.54) is 11.8 Å². The minimum atomic E-state index is -0.281. The minimum Gasteiger partial charge on any atom is -0.493 e. The van der Waals surface area contributed by atoms with E-state index in [1.807, 2.05) is 35.7 Å². The molecule has 9 heteroatoms. The van der Waals surface area contributed by atoms with Crippen LogP contribution in [0.3, 0.4) is 0 Å². The van der Waals surface area contributed by atoms with Crippen LogP contribution in [0.2, 0.25) is 0 Å². The van der Waals surface area contributed by atoms with Gasteiger partial charge in [-0.2, -0.15) is 5.10 Å². The number of para-hydroxylation sites is 1. The van der Waals surface area contributed by atoms with Crippen molar-refractivity contribution in [1.82, 2.24) is 15.0 Å². The Bertz CT molecular complexity index is 1040. The molecule has 7 nitrogen and oxygen atoms in total. The van der Waals surface area contributed by atoms with E-state index in [1.54, 1.807) is 49.0 Å². The fraction of sp³-hybridized carbons (Fsp3) is 0.238. The molecular weight excluding hydrogens is 420 g/mol. The number of amides is 1. The van der Waals surface area contributed by atoms with Crippen LogP contribution in [0.5, 0.6) is 11.5 Å². The number of hydrazone groups is 1. The van der Waals surface area contributed by atoms with E-state index in [4.69, 9.17) is 14.6 Å². The Morgan fingerprint density at radius 1 is 1.17 bits per heavy atom. The Kier molecular flexibility index (Phi) is 6.29. The molecule has 3 aromatic rings. The summed E-state index contributed by atoms with van der Waals surface area (Å²) in [4.78, 5) is 22.5. The lowest BCUT2D eigenvalue weighted by Gasteiger charge is -2.24. The fourth-order valence-corrected chi connectivity index (χ4v) is 4.68. The number of carbonyl (C=O) groups is 1. The number of hydrogen-bond donors (Lipinski definition) is 0. The molecule has 2 aromatic heterocycles. The average molecular weight is 441 g/mol. The van der Waals surface area contributed by atoms with Gasteiger partial charge in [0.15, 0.2) is 16.7 Å². The number of nitrogens with zero attached hydrogens (tertiary/aromatic N) is 4. The number of hydrogen-bond acceptors (Lipinski definition) is 8. The molecule has 1 amide bonds. The van der Waals surface area contributed by atoms with Crippen LogP contribution in [0, 0.1) is 0 Å². The largest absolute Gasteiger partial charge is 0.493 e. The highest BCUT2D eigenvalue weighted by Gasteiger charge is 2.35. The fourth-order valence-electron chi connectivity index (χ4n) is 3.30. The predicted octanol–water partition coefficient (Wildman–Crippen LogP) is 4.03. The molecule has 3 heterocycles. The second-order valence-corrected chi connectivity index (χ2v) is 8.28. The summed E-state index contributed by atoms with van der Waals surface area (Å²) < 4.78 is 11.1. The highest BCUT2D eigenvalue weighted by Crippen LogP contribution is 2.42. The summed E-state index contributed by atoms with van der Waals surface area (Å²) in [5, 5.41) is 8.81. The van der Waals surface area contributed by atoms with Gasteiger partial charge in [-0.05, 0) is 23.6 Å². The summed E-state index contributed by atoms with van der Waals surface area (Å²) >= 11 is 2.90. The summed E-state index contributed by atoms with van der Waals surface area (Å²) in [5.41, 5.74) is 1.75. The first-order valence-corrected chi connectivity index (χ1v) is 11.1. The lowest BCUT2D eigenvalue weighted by Crippen LogP contribution is -2.29. The van der Waals surface area contributed by atoms with E-state index in [0.717, 1.165) is 16.2 Å². The van der Waals surface area contributed by atoms with Crippen molar-refractivity contribution in [2.75, 3.05) is 20.0 Å². The van der Waals surface area contributed by atoms with Crippen molar-refractivity contribution in [3.05, 3.63) is 64.6 Å². The third kappa shape index (κ3) is 4.17. The van der Waals surface area contributed by atoms with Gasteiger partial charge < -0.3 is 9.47 Å². The molecular formula is C21H20N4O3S2. The molecule has 1 aliphatic rings. The van der Waals surface area contributed by atoms with Gasteiger partial charge in [0.2, 0.25) is 0 Å². The van der Waals surface area contributed by atoms with Crippen LogP contribution in [-0.2, 0) is 4.79 Å². The molecule has 4 rings (SSSR count). The van der Waals surface area contributed by atoms with E-state index in [-0.39, 0.29) is 17.7 Å². The first-order chi connectivity index (χ1) is 14.7. The first-order valence-electron chi connectivity index (χ1n) is 9.25. The van der Waals surface area contributed by atoms with Gasteiger partial charge in [0.25, 0.3) is 5.91 Å². The maximum absolute atomic E-state index is 13.1. The molecule has 154 valence electrons. The van der Waals surface area contributed by atoms with Crippen LogP contribution in [0.1, 0.15) is 22.9 Å². The van der Waals surface area contributed by atoms with Crippen LogP contribution < -0.4 is 9.47 Å². The van der Waals surface area contributed by atoms with E-state index >= 15 is 0 Å². The van der Waals surface area contributed by atoms with E-state index in [9.17, 15) is 4.79 Å². The SMILES string of the molecule is COc1cccc([C@@H]2CC(c3cccs3)=NN2C(=O)CSc2ncccn2)c1OC. The molecule has 0 spiro atoms. The zero-order chi connectivity index (χ0) is 20.9. The predicted molar refractivity (Wildman–Crippen MR) is 117 cm³/mol. The standard InChI is InChI=1S/C21H20N4O3S2/c1-27-17-7-3-6-14(20(17)28-2)16-12-15(18-8-4-11-29-18)24-25(16)19(26)13-30-21-22-9-5-10-23-21/h3-11,16H,12-13H2,1-2H3/t16-/m0/s1. The first kappa shape index (κ1) is 20.4. The molecule has 0 unspecified atom stereocenters. The third-order valence-electron chi connectivity index (χ3n) is 4.63. The van der Waals surface area contributed by atoms with Gasteiger partial charge in [-0.25, -0.2) is 15.0 Å². The Balaban J connectivity index is 1.64. The summed E-state index contributed by atoms with van der Waals surface area (Å²) in [6.07, 6.45) is 3.92. The number of thiophene rings is 1. The molecule has 0 saturated carbocycles. The molecule has 0 saturated heterocycles. The Morgan fingerprint density at radius 2 is 2.00 bits per heavy atom. The van der Waals surface area contributed by atoms with Crippen LogP contribution >= 0.6 is 23.1 Å². The van der Waals surface area contributed by atoms with Crippen LogP contribution in [0.25, 0.3) is 0 Å².